The van der Waals surface area contributed by atoms with Gasteiger partial charge in [0.15, 0.2) is 0 Å². The number of nitrogens with two attached hydrogens (primary N) is 1. The van der Waals surface area contributed by atoms with Crippen molar-refractivity contribution >= 4 is 22.4 Å². The van der Waals surface area contributed by atoms with Crippen LogP contribution in [0, 0.1) is 5.41 Å². The van der Waals surface area contributed by atoms with Crippen LogP contribution in [0.2, 0.25) is 0 Å². The maximum Gasteiger partial charge on any atom is 0.213 e. The van der Waals surface area contributed by atoms with Crippen molar-refractivity contribution in [1.29, 1.82) is 5.41 Å². The zero-order valence-electron chi connectivity index (χ0n) is 16.2. The smallest absolute Gasteiger partial charge is 0.213 e. The van der Waals surface area contributed by atoms with Gasteiger partial charge in [0.1, 0.15) is 5.75 Å². The topological polar surface area (TPSA) is 74.7 Å². The average Bonchev–Trinajstić information content (AvgIpc) is 2.98. The molecule has 0 bridgehead atoms. The summed E-state index contributed by atoms with van der Waals surface area (Å²) < 4.78 is 6.18. The molecule has 0 atom stereocenters. The van der Waals surface area contributed by atoms with E-state index in [-0.39, 0.29) is 5.96 Å². The van der Waals surface area contributed by atoms with Gasteiger partial charge in [-0.15, -0.1) is 0 Å². The first-order valence-corrected chi connectivity index (χ1v) is 9.42. The predicted octanol–water partition coefficient (Wildman–Crippen LogP) is 3.88. The predicted molar refractivity (Wildman–Crippen MR) is 116 cm³/mol. The SMILES string of the molecule is CN(C)CCCOc1cc2c(c3ccccc13)-c1ccccc1/C2=N/C(=N)N. The molecular formula is C23H24N4O. The molecule has 0 saturated heterocycles. The van der Waals surface area contributed by atoms with Crippen LogP contribution in [0.5, 0.6) is 5.75 Å². The van der Waals surface area contributed by atoms with Gasteiger partial charge >= 0.3 is 0 Å². The number of hydrogen-bond acceptors (Lipinski definition) is 3. The third-order valence-corrected chi connectivity index (χ3v) is 4.95. The van der Waals surface area contributed by atoms with Crippen LogP contribution >= 0.6 is 0 Å². The summed E-state index contributed by atoms with van der Waals surface area (Å²) in [4.78, 5) is 6.49. The summed E-state index contributed by atoms with van der Waals surface area (Å²) in [7, 11) is 4.12. The second-order valence-corrected chi connectivity index (χ2v) is 7.24. The molecule has 0 unspecified atom stereocenters. The third kappa shape index (κ3) is 3.25. The van der Waals surface area contributed by atoms with Gasteiger partial charge in [-0.2, -0.15) is 0 Å². The molecule has 1 aliphatic carbocycles. The molecule has 0 fully saturated rings. The third-order valence-electron chi connectivity index (χ3n) is 4.95. The van der Waals surface area contributed by atoms with E-state index < -0.39 is 0 Å². The number of benzene rings is 3. The number of aliphatic imine (C=N–C) groups is 1. The molecule has 0 radical (unpaired) electrons. The number of fused-ring (bicyclic) bond motifs is 5. The summed E-state index contributed by atoms with van der Waals surface area (Å²) in [5, 5.41) is 9.91. The van der Waals surface area contributed by atoms with Gasteiger partial charge in [0, 0.05) is 23.1 Å². The Balaban J connectivity index is 1.87. The number of hydrogen-bond donors (Lipinski definition) is 2. The van der Waals surface area contributed by atoms with Gasteiger partial charge in [-0.25, -0.2) is 4.99 Å². The maximum atomic E-state index is 7.69. The molecule has 0 aliphatic heterocycles. The van der Waals surface area contributed by atoms with Gasteiger partial charge in [0.25, 0.3) is 0 Å². The first-order chi connectivity index (χ1) is 13.6. The summed E-state index contributed by atoms with van der Waals surface area (Å²) in [5.74, 6) is 0.649. The molecule has 5 nitrogen and oxygen atoms in total. The molecule has 5 heteroatoms. The second-order valence-electron chi connectivity index (χ2n) is 7.24. The molecule has 0 aromatic heterocycles. The first-order valence-electron chi connectivity index (χ1n) is 9.42. The van der Waals surface area contributed by atoms with Crippen LogP contribution in [-0.4, -0.2) is 43.8 Å². The molecule has 0 amide bonds. The van der Waals surface area contributed by atoms with E-state index >= 15 is 0 Å². The molecule has 0 saturated carbocycles. The Kier molecular flexibility index (Phi) is 4.84. The van der Waals surface area contributed by atoms with Crippen LogP contribution in [0.3, 0.4) is 0 Å². The molecule has 3 aromatic rings. The zero-order valence-corrected chi connectivity index (χ0v) is 16.2. The minimum Gasteiger partial charge on any atom is -0.493 e. The highest BCUT2D eigenvalue weighted by Gasteiger charge is 2.28. The van der Waals surface area contributed by atoms with E-state index in [0.717, 1.165) is 57.5 Å². The Morgan fingerprint density at radius 3 is 2.39 bits per heavy atom. The minimum absolute atomic E-state index is 0.195. The molecule has 4 rings (SSSR count). The van der Waals surface area contributed by atoms with Crippen LogP contribution < -0.4 is 10.5 Å². The fourth-order valence-electron chi connectivity index (χ4n) is 3.79. The molecule has 1 aliphatic rings. The molecule has 3 aromatic carbocycles. The van der Waals surface area contributed by atoms with E-state index in [1.165, 1.54) is 0 Å². The normalized spacial score (nSPS) is 13.8. The van der Waals surface area contributed by atoms with Gasteiger partial charge in [0.2, 0.25) is 5.96 Å². The molecule has 0 heterocycles. The van der Waals surface area contributed by atoms with Crippen molar-refractivity contribution in [2.45, 2.75) is 6.42 Å². The van der Waals surface area contributed by atoms with Crippen LogP contribution in [0.15, 0.2) is 59.6 Å². The van der Waals surface area contributed by atoms with Gasteiger partial charge in [-0.05, 0) is 43.1 Å². The summed E-state index contributed by atoms with van der Waals surface area (Å²) in [5.41, 5.74) is 10.6. The van der Waals surface area contributed by atoms with E-state index in [0.29, 0.717) is 6.61 Å². The van der Waals surface area contributed by atoms with Crippen LogP contribution in [-0.2, 0) is 0 Å². The van der Waals surface area contributed by atoms with Gasteiger partial charge in [-0.3, -0.25) is 5.41 Å². The largest absolute Gasteiger partial charge is 0.493 e. The lowest BCUT2D eigenvalue weighted by Gasteiger charge is -2.15. The Morgan fingerprint density at radius 2 is 1.68 bits per heavy atom. The lowest BCUT2D eigenvalue weighted by Crippen LogP contribution is -2.15. The van der Waals surface area contributed by atoms with Crippen molar-refractivity contribution in [1.82, 2.24) is 4.90 Å². The van der Waals surface area contributed by atoms with Crippen molar-refractivity contribution in [2.75, 3.05) is 27.2 Å². The fraction of sp³-hybridized carbons (Fsp3) is 0.217. The van der Waals surface area contributed by atoms with Gasteiger partial charge < -0.3 is 15.4 Å². The van der Waals surface area contributed by atoms with E-state index in [2.05, 4.69) is 48.3 Å². The summed E-state index contributed by atoms with van der Waals surface area (Å²) in [6, 6.07) is 18.5. The molecule has 28 heavy (non-hydrogen) atoms. The van der Waals surface area contributed by atoms with Crippen LogP contribution in [0.4, 0.5) is 0 Å². The number of ether oxygens (including phenoxy) is 1. The van der Waals surface area contributed by atoms with Crippen molar-refractivity contribution in [3.63, 3.8) is 0 Å². The zero-order chi connectivity index (χ0) is 19.7. The van der Waals surface area contributed by atoms with Crippen LogP contribution in [0.1, 0.15) is 17.5 Å². The van der Waals surface area contributed by atoms with E-state index in [4.69, 9.17) is 15.9 Å². The maximum absolute atomic E-state index is 7.69. The van der Waals surface area contributed by atoms with E-state index in [1.54, 1.807) is 0 Å². The lowest BCUT2D eigenvalue weighted by molar-refractivity contribution is 0.284. The standard InChI is InChI=1S/C23H24N4O/c1-27(2)12-7-13-28-20-14-19-21(16-9-4-3-8-15(16)20)17-10-5-6-11-18(17)22(19)26-23(24)25/h3-6,8-11,14H,7,12-13H2,1-2H3,(H3,24,25)/b26-22-. The fourth-order valence-corrected chi connectivity index (χ4v) is 3.79. The summed E-state index contributed by atoms with van der Waals surface area (Å²) in [6.45, 7) is 1.62. The van der Waals surface area contributed by atoms with Gasteiger partial charge in [0.05, 0.1) is 12.3 Å². The highest BCUT2D eigenvalue weighted by molar-refractivity contribution is 6.30. The van der Waals surface area contributed by atoms with Crippen molar-refractivity contribution in [3.8, 4) is 16.9 Å². The Hall–Kier alpha value is -3.18. The van der Waals surface area contributed by atoms with Crippen molar-refractivity contribution in [2.24, 2.45) is 10.7 Å². The van der Waals surface area contributed by atoms with E-state index in [9.17, 15) is 0 Å². The molecule has 0 spiro atoms. The Bertz CT molecular complexity index is 1090. The summed E-state index contributed by atoms with van der Waals surface area (Å²) >= 11 is 0. The van der Waals surface area contributed by atoms with Gasteiger partial charge in [-0.1, -0.05) is 48.5 Å². The molecule has 3 N–H and O–H groups in total. The van der Waals surface area contributed by atoms with Crippen LogP contribution in [0.25, 0.3) is 21.9 Å². The van der Waals surface area contributed by atoms with E-state index in [1.807, 2.05) is 30.3 Å². The number of nitrogens with one attached hydrogen (secondary N) is 1. The van der Waals surface area contributed by atoms with Crippen molar-refractivity contribution < 1.29 is 4.74 Å². The lowest BCUT2D eigenvalue weighted by atomic mass is 9.97. The second kappa shape index (κ2) is 7.44. The van der Waals surface area contributed by atoms with Crippen molar-refractivity contribution in [3.05, 3.63) is 65.7 Å². The summed E-state index contributed by atoms with van der Waals surface area (Å²) in [6.07, 6.45) is 0.951. The average molecular weight is 372 g/mol. The monoisotopic (exact) mass is 372 g/mol. The Labute approximate surface area is 165 Å². The quantitative estimate of drug-likeness (QED) is 0.317. The highest BCUT2D eigenvalue weighted by Crippen LogP contribution is 2.44. The first kappa shape index (κ1) is 18.2. The molecule has 142 valence electrons. The number of nitrogens with zero attached hydrogens (tertiary/aromatic N) is 2. The Morgan fingerprint density at radius 1 is 1.00 bits per heavy atom. The minimum atomic E-state index is -0.195. The number of rotatable bonds is 5. The highest BCUT2D eigenvalue weighted by atomic mass is 16.5. The number of guanidine groups is 1. The molecular weight excluding hydrogens is 348 g/mol.